The summed E-state index contributed by atoms with van der Waals surface area (Å²) < 4.78 is 5.18. The number of Topliss-reactive ketones (excluding diaryl/α,β-unsaturated/α-hetero) is 1. The highest BCUT2D eigenvalue weighted by Gasteiger charge is 2.20. The minimum Gasteiger partial charge on any atom is -0.451 e. The minimum atomic E-state index is -0.966. The van der Waals surface area contributed by atoms with Crippen molar-refractivity contribution in [2.24, 2.45) is 5.73 Å². The molecule has 1 atom stereocenters. The van der Waals surface area contributed by atoms with Crippen molar-refractivity contribution in [2.75, 3.05) is 5.32 Å². The molecule has 0 radical (unpaired) electrons. The number of ketones is 1. The summed E-state index contributed by atoms with van der Waals surface area (Å²) in [4.78, 5) is 35.2. The Morgan fingerprint density at radius 2 is 1.75 bits per heavy atom. The number of primary amides is 1. The van der Waals surface area contributed by atoms with Gasteiger partial charge in [0.1, 0.15) is 0 Å². The second kappa shape index (κ2) is 7.61. The standard InChI is InChI=1S/C17H15ClN2O4/c1-10(15(21)11-5-7-13(18)8-6-11)24-16(22)12-3-2-4-14(9-12)20-17(19)23/h2-10H,1H3,(H3,19,20,23)/t10-/m0/s1. The maximum absolute atomic E-state index is 12.2. The number of urea groups is 1. The normalized spacial score (nSPS) is 11.4. The molecule has 0 aromatic heterocycles. The zero-order valence-electron chi connectivity index (χ0n) is 12.8. The SMILES string of the molecule is C[C@H](OC(=O)c1cccc(NC(N)=O)c1)C(=O)c1ccc(Cl)cc1. The quantitative estimate of drug-likeness (QED) is 0.641. The van der Waals surface area contributed by atoms with Crippen molar-refractivity contribution in [2.45, 2.75) is 13.0 Å². The van der Waals surface area contributed by atoms with Crippen molar-refractivity contribution in [1.82, 2.24) is 0 Å². The van der Waals surface area contributed by atoms with Crippen LogP contribution in [-0.4, -0.2) is 23.9 Å². The maximum atomic E-state index is 12.2. The Hall–Kier alpha value is -2.86. The lowest BCUT2D eigenvalue weighted by atomic mass is 10.1. The first-order valence-electron chi connectivity index (χ1n) is 7.04. The van der Waals surface area contributed by atoms with Gasteiger partial charge in [-0.25, -0.2) is 9.59 Å². The van der Waals surface area contributed by atoms with Gasteiger partial charge in [0, 0.05) is 16.3 Å². The van der Waals surface area contributed by atoms with Crippen LogP contribution in [0.2, 0.25) is 5.02 Å². The van der Waals surface area contributed by atoms with Gasteiger partial charge in [-0.2, -0.15) is 0 Å². The molecular formula is C17H15ClN2O4. The van der Waals surface area contributed by atoms with Crippen LogP contribution in [0.4, 0.5) is 10.5 Å². The Morgan fingerprint density at radius 3 is 2.38 bits per heavy atom. The van der Waals surface area contributed by atoms with E-state index in [2.05, 4.69) is 5.32 Å². The monoisotopic (exact) mass is 346 g/mol. The summed E-state index contributed by atoms with van der Waals surface area (Å²) in [5.41, 5.74) is 5.97. The molecule has 6 nitrogen and oxygen atoms in total. The van der Waals surface area contributed by atoms with Gasteiger partial charge >= 0.3 is 12.0 Å². The van der Waals surface area contributed by atoms with Gasteiger partial charge < -0.3 is 15.8 Å². The van der Waals surface area contributed by atoms with E-state index in [1.807, 2.05) is 0 Å². The van der Waals surface area contributed by atoms with Crippen molar-refractivity contribution in [3.63, 3.8) is 0 Å². The zero-order valence-corrected chi connectivity index (χ0v) is 13.5. The number of carbonyl (C=O) groups excluding carboxylic acids is 3. The van der Waals surface area contributed by atoms with Crippen LogP contribution < -0.4 is 11.1 Å². The molecule has 0 spiro atoms. The van der Waals surface area contributed by atoms with Crippen molar-refractivity contribution in [3.8, 4) is 0 Å². The fourth-order valence-electron chi connectivity index (χ4n) is 2.00. The van der Waals surface area contributed by atoms with Gasteiger partial charge in [0.25, 0.3) is 0 Å². The number of rotatable bonds is 5. The Kier molecular flexibility index (Phi) is 5.55. The molecule has 0 aliphatic heterocycles. The molecule has 0 heterocycles. The van der Waals surface area contributed by atoms with Gasteiger partial charge in [-0.05, 0) is 49.4 Å². The first-order chi connectivity index (χ1) is 11.4. The number of anilines is 1. The Bertz CT molecular complexity index is 774. The van der Waals surface area contributed by atoms with E-state index >= 15 is 0 Å². The van der Waals surface area contributed by atoms with E-state index in [1.54, 1.807) is 36.4 Å². The summed E-state index contributed by atoms with van der Waals surface area (Å²) in [6.45, 7) is 1.49. The molecule has 0 bridgehead atoms. The summed E-state index contributed by atoms with van der Waals surface area (Å²) >= 11 is 5.78. The average Bonchev–Trinajstić information content (AvgIpc) is 2.54. The molecule has 24 heavy (non-hydrogen) atoms. The van der Waals surface area contributed by atoms with Crippen molar-refractivity contribution in [1.29, 1.82) is 0 Å². The third-order valence-corrected chi connectivity index (χ3v) is 3.40. The highest BCUT2D eigenvalue weighted by Crippen LogP contribution is 2.15. The van der Waals surface area contributed by atoms with Crippen LogP contribution in [-0.2, 0) is 4.74 Å². The lowest BCUT2D eigenvalue weighted by Gasteiger charge is -2.13. The van der Waals surface area contributed by atoms with Crippen LogP contribution in [0.3, 0.4) is 0 Å². The van der Waals surface area contributed by atoms with Crippen LogP contribution >= 0.6 is 11.6 Å². The molecule has 124 valence electrons. The van der Waals surface area contributed by atoms with E-state index in [9.17, 15) is 14.4 Å². The second-order valence-electron chi connectivity index (χ2n) is 4.99. The summed E-state index contributed by atoms with van der Waals surface area (Å²) in [5, 5.41) is 2.87. The van der Waals surface area contributed by atoms with Crippen LogP contribution in [0.15, 0.2) is 48.5 Å². The molecule has 2 rings (SSSR count). The Balaban J connectivity index is 2.07. The van der Waals surface area contributed by atoms with Gasteiger partial charge in [-0.3, -0.25) is 4.79 Å². The topological polar surface area (TPSA) is 98.5 Å². The number of ether oxygens (including phenoxy) is 1. The summed E-state index contributed by atoms with van der Waals surface area (Å²) in [6.07, 6.45) is -0.966. The first kappa shape index (κ1) is 17.5. The molecule has 0 saturated heterocycles. The molecule has 2 amide bonds. The number of hydrogen-bond acceptors (Lipinski definition) is 4. The maximum Gasteiger partial charge on any atom is 0.338 e. The van der Waals surface area contributed by atoms with Gasteiger partial charge in [0.2, 0.25) is 5.78 Å². The molecule has 2 aromatic rings. The van der Waals surface area contributed by atoms with Gasteiger partial charge in [-0.15, -0.1) is 0 Å². The summed E-state index contributed by atoms with van der Waals surface area (Å²) in [6, 6.07) is 11.6. The molecular weight excluding hydrogens is 332 g/mol. The number of hydrogen-bond donors (Lipinski definition) is 2. The summed E-state index contributed by atoms with van der Waals surface area (Å²) in [5.74, 6) is -1.02. The molecule has 0 aliphatic rings. The number of carbonyl (C=O) groups is 3. The Morgan fingerprint density at radius 1 is 1.08 bits per heavy atom. The number of nitrogens with one attached hydrogen (secondary N) is 1. The van der Waals surface area contributed by atoms with Crippen molar-refractivity contribution in [3.05, 3.63) is 64.7 Å². The van der Waals surface area contributed by atoms with E-state index in [0.717, 1.165) is 0 Å². The van der Waals surface area contributed by atoms with Gasteiger partial charge in [0.05, 0.1) is 5.56 Å². The molecule has 0 saturated carbocycles. The average molecular weight is 347 g/mol. The highest BCUT2D eigenvalue weighted by molar-refractivity contribution is 6.30. The number of esters is 1. The summed E-state index contributed by atoms with van der Waals surface area (Å²) in [7, 11) is 0. The largest absolute Gasteiger partial charge is 0.451 e. The van der Waals surface area contributed by atoms with E-state index in [-0.39, 0.29) is 11.3 Å². The fourth-order valence-corrected chi connectivity index (χ4v) is 2.12. The van der Waals surface area contributed by atoms with Crippen LogP contribution in [0, 0.1) is 0 Å². The first-order valence-corrected chi connectivity index (χ1v) is 7.42. The minimum absolute atomic E-state index is 0.192. The lowest BCUT2D eigenvalue weighted by molar-refractivity contribution is 0.0319. The Labute approximate surface area is 143 Å². The van der Waals surface area contributed by atoms with Crippen LogP contribution in [0.1, 0.15) is 27.6 Å². The predicted octanol–water partition coefficient (Wildman–Crippen LogP) is 3.26. The van der Waals surface area contributed by atoms with Crippen molar-refractivity contribution >= 4 is 35.1 Å². The zero-order chi connectivity index (χ0) is 17.7. The van der Waals surface area contributed by atoms with Gasteiger partial charge in [0.15, 0.2) is 6.10 Å². The third-order valence-electron chi connectivity index (χ3n) is 3.15. The van der Waals surface area contributed by atoms with Crippen molar-refractivity contribution < 1.29 is 19.1 Å². The predicted molar refractivity (Wildman–Crippen MR) is 90.3 cm³/mol. The second-order valence-corrected chi connectivity index (χ2v) is 5.43. The van der Waals surface area contributed by atoms with E-state index in [4.69, 9.17) is 22.1 Å². The van der Waals surface area contributed by atoms with Gasteiger partial charge in [-0.1, -0.05) is 17.7 Å². The third kappa shape index (κ3) is 4.57. The lowest BCUT2D eigenvalue weighted by Crippen LogP contribution is -2.24. The number of nitrogens with two attached hydrogens (primary N) is 1. The van der Waals surface area contributed by atoms with E-state index in [1.165, 1.54) is 19.1 Å². The highest BCUT2D eigenvalue weighted by atomic mass is 35.5. The number of amides is 2. The number of halogens is 1. The van der Waals surface area contributed by atoms with Crippen LogP contribution in [0.25, 0.3) is 0 Å². The smallest absolute Gasteiger partial charge is 0.338 e. The van der Waals surface area contributed by atoms with Crippen LogP contribution in [0.5, 0.6) is 0 Å². The molecule has 2 aromatic carbocycles. The molecule has 3 N–H and O–H groups in total. The molecule has 0 fully saturated rings. The van der Waals surface area contributed by atoms with E-state index in [0.29, 0.717) is 16.3 Å². The molecule has 0 aliphatic carbocycles. The van der Waals surface area contributed by atoms with E-state index < -0.39 is 18.1 Å². The molecule has 0 unspecified atom stereocenters. The fraction of sp³-hybridized carbons (Fsp3) is 0.118. The number of benzene rings is 2. The molecule has 7 heteroatoms.